The summed E-state index contributed by atoms with van der Waals surface area (Å²) in [6.45, 7) is 5.89. The highest BCUT2D eigenvalue weighted by atomic mass is 14.9. The Hall–Kier alpha value is -1.34. The minimum Gasteiger partial charge on any atom is -0.310 e. The van der Waals surface area contributed by atoms with Gasteiger partial charge in [0, 0.05) is 12.6 Å². The second-order valence-corrected chi connectivity index (χ2v) is 7.04. The van der Waals surface area contributed by atoms with Crippen LogP contribution in [0, 0.1) is 5.41 Å². The van der Waals surface area contributed by atoms with E-state index in [-0.39, 0.29) is 0 Å². The first-order valence-electron chi connectivity index (χ1n) is 8.39. The van der Waals surface area contributed by atoms with Gasteiger partial charge in [0.1, 0.15) is 0 Å². The molecule has 2 aromatic carbocycles. The van der Waals surface area contributed by atoms with Crippen molar-refractivity contribution in [2.24, 2.45) is 5.41 Å². The summed E-state index contributed by atoms with van der Waals surface area (Å²) in [4.78, 5) is 0. The maximum atomic E-state index is 3.80. The lowest BCUT2D eigenvalue weighted by Gasteiger charge is -2.35. The van der Waals surface area contributed by atoms with Crippen molar-refractivity contribution in [1.82, 2.24) is 5.32 Å². The van der Waals surface area contributed by atoms with Crippen LogP contribution in [0.3, 0.4) is 0 Å². The van der Waals surface area contributed by atoms with Crippen molar-refractivity contribution in [3.8, 4) is 0 Å². The molecule has 0 heterocycles. The fourth-order valence-corrected chi connectivity index (χ4v) is 3.72. The second kappa shape index (κ2) is 6.19. The molecule has 0 aliphatic heterocycles. The first-order chi connectivity index (χ1) is 10.2. The van der Waals surface area contributed by atoms with Crippen LogP contribution in [0.15, 0.2) is 42.5 Å². The van der Waals surface area contributed by atoms with E-state index in [0.717, 1.165) is 6.54 Å². The average Bonchev–Trinajstić information content (AvgIpc) is 2.53. The predicted molar refractivity (Wildman–Crippen MR) is 91.6 cm³/mol. The number of hydrogen-bond donors (Lipinski definition) is 1. The van der Waals surface area contributed by atoms with Gasteiger partial charge >= 0.3 is 0 Å². The van der Waals surface area contributed by atoms with E-state index in [1.807, 2.05) is 0 Å². The first kappa shape index (κ1) is 14.6. The molecular formula is C20H27N. The molecule has 1 nitrogen and oxygen atoms in total. The van der Waals surface area contributed by atoms with E-state index in [4.69, 9.17) is 0 Å². The van der Waals surface area contributed by atoms with Crippen molar-refractivity contribution < 1.29 is 0 Å². The third kappa shape index (κ3) is 3.29. The lowest BCUT2D eigenvalue weighted by atomic mass is 9.75. The van der Waals surface area contributed by atoms with Crippen LogP contribution in [-0.4, -0.2) is 6.54 Å². The number of nitrogens with one attached hydrogen (secondary N) is 1. The number of benzene rings is 2. The van der Waals surface area contributed by atoms with E-state index in [0.29, 0.717) is 11.5 Å². The van der Waals surface area contributed by atoms with E-state index in [1.165, 1.54) is 48.4 Å². The molecule has 0 aromatic heterocycles. The summed E-state index contributed by atoms with van der Waals surface area (Å²) in [5.41, 5.74) is 1.92. The standard InChI is InChI=1S/C20H27N/c1-16(21-15-20(2)13-6-3-7-14-20)18-12-8-10-17-9-4-5-11-19(17)18/h4-5,8-12,16,21H,3,6-7,13-15H2,1-2H3. The van der Waals surface area contributed by atoms with E-state index < -0.39 is 0 Å². The minimum atomic E-state index is 0.412. The van der Waals surface area contributed by atoms with Crippen LogP contribution in [0.1, 0.15) is 57.6 Å². The maximum absolute atomic E-state index is 3.80. The van der Waals surface area contributed by atoms with Crippen LogP contribution < -0.4 is 5.32 Å². The van der Waals surface area contributed by atoms with Gasteiger partial charge < -0.3 is 5.32 Å². The summed E-state index contributed by atoms with van der Waals surface area (Å²) in [5.74, 6) is 0. The van der Waals surface area contributed by atoms with E-state index >= 15 is 0 Å². The van der Waals surface area contributed by atoms with Crippen LogP contribution in [0.5, 0.6) is 0 Å². The average molecular weight is 281 g/mol. The molecule has 21 heavy (non-hydrogen) atoms. The molecule has 112 valence electrons. The van der Waals surface area contributed by atoms with Gasteiger partial charge in [-0.2, -0.15) is 0 Å². The lowest BCUT2D eigenvalue weighted by Crippen LogP contribution is -2.35. The van der Waals surface area contributed by atoms with Crippen molar-refractivity contribution in [3.63, 3.8) is 0 Å². The Balaban J connectivity index is 1.73. The van der Waals surface area contributed by atoms with Crippen molar-refractivity contribution in [2.45, 2.75) is 52.0 Å². The molecule has 3 rings (SSSR count). The van der Waals surface area contributed by atoms with Crippen molar-refractivity contribution in [2.75, 3.05) is 6.54 Å². The molecule has 0 saturated heterocycles. The normalized spacial score (nSPS) is 19.5. The minimum absolute atomic E-state index is 0.412. The zero-order valence-corrected chi connectivity index (χ0v) is 13.4. The molecule has 1 fully saturated rings. The highest BCUT2D eigenvalue weighted by Gasteiger charge is 2.27. The zero-order valence-electron chi connectivity index (χ0n) is 13.4. The zero-order chi connectivity index (χ0) is 14.7. The van der Waals surface area contributed by atoms with Crippen molar-refractivity contribution in [1.29, 1.82) is 0 Å². The monoisotopic (exact) mass is 281 g/mol. The third-order valence-corrected chi connectivity index (χ3v) is 5.19. The smallest absolute Gasteiger partial charge is 0.0298 e. The number of rotatable bonds is 4. The Bertz CT molecular complexity index is 590. The fraction of sp³-hybridized carbons (Fsp3) is 0.500. The number of hydrogen-bond acceptors (Lipinski definition) is 1. The molecule has 1 unspecified atom stereocenters. The largest absolute Gasteiger partial charge is 0.310 e. The summed E-state index contributed by atoms with van der Waals surface area (Å²) in [6.07, 6.45) is 6.99. The number of fused-ring (bicyclic) bond motifs is 1. The molecular weight excluding hydrogens is 254 g/mol. The molecule has 1 atom stereocenters. The van der Waals surface area contributed by atoms with Crippen LogP contribution in [0.25, 0.3) is 10.8 Å². The summed E-state index contributed by atoms with van der Waals surface area (Å²) >= 11 is 0. The highest BCUT2D eigenvalue weighted by molar-refractivity contribution is 5.86. The van der Waals surface area contributed by atoms with Crippen LogP contribution in [0.4, 0.5) is 0 Å². The molecule has 1 aliphatic carbocycles. The molecule has 1 aliphatic rings. The topological polar surface area (TPSA) is 12.0 Å². The fourth-order valence-electron chi connectivity index (χ4n) is 3.72. The molecule has 0 radical (unpaired) electrons. The van der Waals surface area contributed by atoms with Gasteiger partial charge in [0.25, 0.3) is 0 Å². The van der Waals surface area contributed by atoms with Gasteiger partial charge in [-0.15, -0.1) is 0 Å². The Morgan fingerprint density at radius 3 is 2.52 bits per heavy atom. The molecule has 1 saturated carbocycles. The van der Waals surface area contributed by atoms with Gasteiger partial charge in [0.15, 0.2) is 0 Å². The highest BCUT2D eigenvalue weighted by Crippen LogP contribution is 2.35. The van der Waals surface area contributed by atoms with Gasteiger partial charge in [0.2, 0.25) is 0 Å². The molecule has 0 amide bonds. The van der Waals surface area contributed by atoms with Gasteiger partial charge in [-0.05, 0) is 41.5 Å². The van der Waals surface area contributed by atoms with Crippen LogP contribution in [0.2, 0.25) is 0 Å². The molecule has 2 aromatic rings. The Labute approximate surface area is 128 Å². The molecule has 0 bridgehead atoms. The van der Waals surface area contributed by atoms with Gasteiger partial charge in [-0.3, -0.25) is 0 Å². The third-order valence-electron chi connectivity index (χ3n) is 5.19. The quantitative estimate of drug-likeness (QED) is 0.784. The first-order valence-corrected chi connectivity index (χ1v) is 8.39. The van der Waals surface area contributed by atoms with E-state index in [2.05, 4.69) is 61.6 Å². The summed E-state index contributed by atoms with van der Waals surface area (Å²) in [7, 11) is 0. The summed E-state index contributed by atoms with van der Waals surface area (Å²) < 4.78 is 0. The van der Waals surface area contributed by atoms with Crippen molar-refractivity contribution in [3.05, 3.63) is 48.0 Å². The van der Waals surface area contributed by atoms with Gasteiger partial charge in [-0.1, -0.05) is 68.7 Å². The molecule has 1 N–H and O–H groups in total. The van der Waals surface area contributed by atoms with Gasteiger partial charge in [0.05, 0.1) is 0 Å². The Morgan fingerprint density at radius 2 is 1.71 bits per heavy atom. The van der Waals surface area contributed by atoms with Gasteiger partial charge in [-0.25, -0.2) is 0 Å². The lowest BCUT2D eigenvalue weighted by molar-refractivity contribution is 0.202. The van der Waals surface area contributed by atoms with E-state index in [1.54, 1.807) is 0 Å². The van der Waals surface area contributed by atoms with Crippen LogP contribution in [-0.2, 0) is 0 Å². The van der Waals surface area contributed by atoms with Crippen molar-refractivity contribution >= 4 is 10.8 Å². The predicted octanol–water partition coefficient (Wildman–Crippen LogP) is 5.46. The Kier molecular flexibility index (Phi) is 4.30. The van der Waals surface area contributed by atoms with E-state index in [9.17, 15) is 0 Å². The Morgan fingerprint density at radius 1 is 1.00 bits per heavy atom. The molecule has 0 spiro atoms. The summed E-state index contributed by atoms with van der Waals surface area (Å²) in [5, 5.41) is 6.52. The molecule has 1 heteroatoms. The second-order valence-electron chi connectivity index (χ2n) is 7.04. The maximum Gasteiger partial charge on any atom is 0.0298 e. The summed E-state index contributed by atoms with van der Waals surface area (Å²) in [6, 6.07) is 15.8. The SMILES string of the molecule is CC(NCC1(C)CCCCC1)c1cccc2ccccc12. The van der Waals surface area contributed by atoms with Crippen LogP contribution >= 0.6 is 0 Å².